The van der Waals surface area contributed by atoms with Crippen LogP contribution in [0.1, 0.15) is 19.5 Å². The summed E-state index contributed by atoms with van der Waals surface area (Å²) in [5.74, 6) is 0.841. The fourth-order valence-electron chi connectivity index (χ4n) is 1.80. The Morgan fingerprint density at radius 2 is 1.82 bits per heavy atom. The van der Waals surface area contributed by atoms with Crippen molar-refractivity contribution in [1.82, 2.24) is 10.1 Å². The lowest BCUT2D eigenvalue weighted by molar-refractivity contribution is 0.284. The van der Waals surface area contributed by atoms with Crippen molar-refractivity contribution in [3.63, 3.8) is 0 Å². The lowest BCUT2D eigenvalue weighted by Crippen LogP contribution is -2.22. The van der Waals surface area contributed by atoms with E-state index in [1.165, 1.54) is 0 Å². The van der Waals surface area contributed by atoms with E-state index in [-0.39, 0.29) is 0 Å². The van der Waals surface area contributed by atoms with Crippen LogP contribution in [0.15, 0.2) is 40.9 Å². The molecule has 0 saturated heterocycles. The zero-order valence-corrected chi connectivity index (χ0v) is 10.4. The Morgan fingerprint density at radius 3 is 2.47 bits per heavy atom. The third-order valence-corrected chi connectivity index (χ3v) is 2.90. The zero-order valence-electron chi connectivity index (χ0n) is 10.4. The maximum absolute atomic E-state index is 5.36. The van der Waals surface area contributed by atoms with E-state index in [1.54, 1.807) is 0 Å². The molecule has 0 atom stereocenters. The Balaban J connectivity index is 2.11. The summed E-state index contributed by atoms with van der Waals surface area (Å²) in [4.78, 5) is 2.31. The Hall–Kier alpha value is -1.61. The molecule has 2 rings (SSSR count). The summed E-state index contributed by atoms with van der Waals surface area (Å²) in [6, 6.07) is 12.1. The van der Waals surface area contributed by atoms with Gasteiger partial charge in [0.05, 0.1) is 5.69 Å². The minimum absolute atomic E-state index is 0.841. The Kier molecular flexibility index (Phi) is 3.94. The van der Waals surface area contributed by atoms with Crippen LogP contribution in [0.25, 0.3) is 11.3 Å². The molecular weight excluding hydrogens is 212 g/mol. The highest BCUT2D eigenvalue weighted by molar-refractivity contribution is 5.56. The molecule has 0 spiro atoms. The molecule has 3 heteroatoms. The average molecular weight is 230 g/mol. The third-order valence-electron chi connectivity index (χ3n) is 2.90. The summed E-state index contributed by atoms with van der Waals surface area (Å²) in [7, 11) is 0. The van der Waals surface area contributed by atoms with Gasteiger partial charge in [-0.05, 0) is 13.1 Å². The number of nitrogens with zero attached hydrogens (tertiary/aromatic N) is 2. The van der Waals surface area contributed by atoms with Crippen LogP contribution in [-0.4, -0.2) is 23.1 Å². The van der Waals surface area contributed by atoms with Gasteiger partial charge in [0.1, 0.15) is 0 Å². The lowest BCUT2D eigenvalue weighted by Gasteiger charge is -2.15. The van der Waals surface area contributed by atoms with Gasteiger partial charge in [-0.2, -0.15) is 0 Å². The van der Waals surface area contributed by atoms with Crippen LogP contribution >= 0.6 is 0 Å². The van der Waals surface area contributed by atoms with E-state index < -0.39 is 0 Å². The van der Waals surface area contributed by atoms with E-state index >= 15 is 0 Å². The standard InChI is InChI=1S/C14H18N2O/c1-3-16(4-2)11-13-10-14(17-15-13)12-8-6-5-7-9-12/h5-10H,3-4,11H2,1-2H3. The Labute approximate surface area is 102 Å². The highest BCUT2D eigenvalue weighted by Crippen LogP contribution is 2.20. The van der Waals surface area contributed by atoms with Crippen molar-refractivity contribution in [3.05, 3.63) is 42.1 Å². The van der Waals surface area contributed by atoms with Crippen molar-refractivity contribution in [2.75, 3.05) is 13.1 Å². The number of hydrogen-bond donors (Lipinski definition) is 0. The molecule has 90 valence electrons. The molecule has 0 radical (unpaired) electrons. The largest absolute Gasteiger partial charge is 0.356 e. The highest BCUT2D eigenvalue weighted by Gasteiger charge is 2.08. The van der Waals surface area contributed by atoms with E-state index in [2.05, 4.69) is 23.9 Å². The van der Waals surface area contributed by atoms with Crippen molar-refractivity contribution in [2.45, 2.75) is 20.4 Å². The lowest BCUT2D eigenvalue weighted by atomic mass is 10.1. The molecule has 0 saturated carbocycles. The molecule has 0 amide bonds. The summed E-state index contributed by atoms with van der Waals surface area (Å²) in [6.45, 7) is 7.22. The van der Waals surface area contributed by atoms with Gasteiger partial charge in [-0.3, -0.25) is 4.90 Å². The smallest absolute Gasteiger partial charge is 0.167 e. The van der Waals surface area contributed by atoms with Gasteiger partial charge in [-0.15, -0.1) is 0 Å². The maximum atomic E-state index is 5.36. The van der Waals surface area contributed by atoms with Crippen LogP contribution in [0.2, 0.25) is 0 Å². The molecular formula is C14H18N2O. The molecule has 0 unspecified atom stereocenters. The van der Waals surface area contributed by atoms with Crippen molar-refractivity contribution in [3.8, 4) is 11.3 Å². The second-order valence-electron chi connectivity index (χ2n) is 4.01. The fraction of sp³-hybridized carbons (Fsp3) is 0.357. The normalized spacial score (nSPS) is 11.0. The van der Waals surface area contributed by atoms with Crippen molar-refractivity contribution < 1.29 is 4.52 Å². The molecule has 1 aromatic carbocycles. The fourth-order valence-corrected chi connectivity index (χ4v) is 1.80. The van der Waals surface area contributed by atoms with E-state index in [1.807, 2.05) is 36.4 Å². The summed E-state index contributed by atoms with van der Waals surface area (Å²) in [5, 5.41) is 4.11. The molecule has 0 aliphatic carbocycles. The number of rotatable bonds is 5. The van der Waals surface area contributed by atoms with Gasteiger partial charge >= 0.3 is 0 Å². The first-order valence-electron chi connectivity index (χ1n) is 6.06. The molecule has 0 bridgehead atoms. The molecule has 0 aliphatic heterocycles. The molecule has 0 aliphatic rings. The number of benzene rings is 1. The minimum Gasteiger partial charge on any atom is -0.356 e. The van der Waals surface area contributed by atoms with Crippen LogP contribution in [0.4, 0.5) is 0 Å². The number of aromatic nitrogens is 1. The first-order valence-corrected chi connectivity index (χ1v) is 6.06. The van der Waals surface area contributed by atoms with E-state index in [4.69, 9.17) is 4.52 Å². The molecule has 3 nitrogen and oxygen atoms in total. The van der Waals surface area contributed by atoms with Crippen LogP contribution in [0.3, 0.4) is 0 Å². The van der Waals surface area contributed by atoms with Gasteiger partial charge < -0.3 is 4.52 Å². The highest BCUT2D eigenvalue weighted by atomic mass is 16.5. The molecule has 1 aromatic heterocycles. The van der Waals surface area contributed by atoms with Gasteiger partial charge in [0, 0.05) is 18.2 Å². The third kappa shape index (κ3) is 2.94. The quantitative estimate of drug-likeness (QED) is 0.790. The van der Waals surface area contributed by atoms with Crippen LogP contribution in [-0.2, 0) is 6.54 Å². The molecule has 2 aromatic rings. The van der Waals surface area contributed by atoms with Crippen LogP contribution < -0.4 is 0 Å². The van der Waals surface area contributed by atoms with Gasteiger partial charge in [-0.1, -0.05) is 49.3 Å². The first-order chi connectivity index (χ1) is 8.33. The van der Waals surface area contributed by atoms with Gasteiger partial charge in [0.15, 0.2) is 5.76 Å². The monoisotopic (exact) mass is 230 g/mol. The second kappa shape index (κ2) is 5.64. The van der Waals surface area contributed by atoms with Gasteiger partial charge in [0.25, 0.3) is 0 Å². The summed E-state index contributed by atoms with van der Waals surface area (Å²) in [5.41, 5.74) is 2.07. The zero-order chi connectivity index (χ0) is 12.1. The maximum Gasteiger partial charge on any atom is 0.167 e. The SMILES string of the molecule is CCN(CC)Cc1cc(-c2ccccc2)on1. The minimum atomic E-state index is 0.841. The summed E-state index contributed by atoms with van der Waals surface area (Å²) >= 11 is 0. The summed E-state index contributed by atoms with van der Waals surface area (Å²) < 4.78 is 5.36. The van der Waals surface area contributed by atoms with E-state index in [0.29, 0.717) is 0 Å². The average Bonchev–Trinajstić information content (AvgIpc) is 2.85. The number of hydrogen-bond acceptors (Lipinski definition) is 3. The topological polar surface area (TPSA) is 29.3 Å². The molecule has 17 heavy (non-hydrogen) atoms. The predicted octanol–water partition coefficient (Wildman–Crippen LogP) is 3.18. The van der Waals surface area contributed by atoms with E-state index in [0.717, 1.165) is 36.7 Å². The first kappa shape index (κ1) is 11.9. The van der Waals surface area contributed by atoms with Gasteiger partial charge in [0.2, 0.25) is 0 Å². The predicted molar refractivity (Wildman–Crippen MR) is 68.6 cm³/mol. The second-order valence-corrected chi connectivity index (χ2v) is 4.01. The summed E-state index contributed by atoms with van der Waals surface area (Å²) in [6.07, 6.45) is 0. The van der Waals surface area contributed by atoms with Gasteiger partial charge in [-0.25, -0.2) is 0 Å². The van der Waals surface area contributed by atoms with Crippen molar-refractivity contribution in [1.29, 1.82) is 0 Å². The molecule has 1 heterocycles. The van der Waals surface area contributed by atoms with Crippen molar-refractivity contribution >= 4 is 0 Å². The van der Waals surface area contributed by atoms with Crippen LogP contribution in [0, 0.1) is 0 Å². The van der Waals surface area contributed by atoms with Crippen LogP contribution in [0.5, 0.6) is 0 Å². The Bertz CT molecular complexity index is 446. The Morgan fingerprint density at radius 1 is 1.12 bits per heavy atom. The van der Waals surface area contributed by atoms with E-state index in [9.17, 15) is 0 Å². The molecule has 0 N–H and O–H groups in total. The molecule has 0 fully saturated rings. The van der Waals surface area contributed by atoms with Crippen molar-refractivity contribution in [2.24, 2.45) is 0 Å².